The maximum Gasteiger partial charge on any atom is 0.252 e. The molecule has 2 unspecified atom stereocenters. The van der Waals surface area contributed by atoms with Crippen LogP contribution >= 0.6 is 50.5 Å². The molecular weight excluding hydrogens is 381 g/mol. The number of hydrogen-bond donors (Lipinski definition) is 0. The van der Waals surface area contributed by atoms with Crippen LogP contribution in [0.4, 0.5) is 0 Å². The van der Waals surface area contributed by atoms with Crippen LogP contribution in [-0.2, 0) is 10.0 Å². The minimum Gasteiger partial charge on any atom is -0.206 e. The normalized spacial score (nSPS) is 25.8. The predicted molar refractivity (Wildman–Crippen MR) is 79.2 cm³/mol. The smallest absolute Gasteiger partial charge is 0.206 e. The molecule has 1 aromatic heterocycles. The molecule has 18 heavy (non-hydrogen) atoms. The summed E-state index contributed by atoms with van der Waals surface area (Å²) in [6.45, 7) is 2.55. The molecule has 2 heterocycles. The first-order chi connectivity index (χ1) is 8.37. The van der Waals surface area contributed by atoms with Gasteiger partial charge in [-0.3, -0.25) is 0 Å². The van der Waals surface area contributed by atoms with Gasteiger partial charge in [0.25, 0.3) is 10.0 Å². The fourth-order valence-electron chi connectivity index (χ4n) is 2.07. The molecule has 1 aromatic rings. The summed E-state index contributed by atoms with van der Waals surface area (Å²) in [6, 6.07) is 1.36. The summed E-state index contributed by atoms with van der Waals surface area (Å²) >= 11 is 16.2. The molecular formula is C10H12BrCl2NO2S2. The summed E-state index contributed by atoms with van der Waals surface area (Å²) < 4.78 is 27.4. The average molecular weight is 393 g/mol. The maximum absolute atomic E-state index is 12.5. The van der Waals surface area contributed by atoms with Crippen molar-refractivity contribution in [2.75, 3.05) is 12.4 Å². The molecule has 1 saturated heterocycles. The van der Waals surface area contributed by atoms with E-state index in [2.05, 4.69) is 15.9 Å². The van der Waals surface area contributed by atoms with Crippen molar-refractivity contribution in [1.82, 2.24) is 4.31 Å². The third-order valence-corrected chi connectivity index (χ3v) is 8.34. The number of rotatable bonds is 3. The minimum atomic E-state index is -3.48. The van der Waals surface area contributed by atoms with E-state index >= 15 is 0 Å². The van der Waals surface area contributed by atoms with Gasteiger partial charge in [-0.2, -0.15) is 4.31 Å². The van der Waals surface area contributed by atoms with Gasteiger partial charge in [-0.25, -0.2) is 8.42 Å². The van der Waals surface area contributed by atoms with Crippen LogP contribution in [0.15, 0.2) is 14.1 Å². The standard InChI is InChI=1S/C10H12BrCl2NO2S2/c1-6-2-3-14(8(6)5-12)18(15,16)9-4-7(13)10(11)17-9/h4,6,8H,2-3,5H2,1H3. The lowest BCUT2D eigenvalue weighted by Crippen LogP contribution is -2.38. The Morgan fingerprint density at radius 2 is 2.28 bits per heavy atom. The highest BCUT2D eigenvalue weighted by molar-refractivity contribution is 9.11. The topological polar surface area (TPSA) is 37.4 Å². The highest BCUT2D eigenvalue weighted by Gasteiger charge is 2.39. The van der Waals surface area contributed by atoms with E-state index in [9.17, 15) is 8.42 Å². The predicted octanol–water partition coefficient (Wildman–Crippen LogP) is 3.80. The molecule has 0 radical (unpaired) electrons. The molecule has 1 aliphatic rings. The Morgan fingerprint density at radius 3 is 2.78 bits per heavy atom. The van der Waals surface area contributed by atoms with Crippen LogP contribution in [0.5, 0.6) is 0 Å². The largest absolute Gasteiger partial charge is 0.252 e. The van der Waals surface area contributed by atoms with Crippen LogP contribution in [0.3, 0.4) is 0 Å². The zero-order valence-corrected chi connectivity index (χ0v) is 14.3. The van der Waals surface area contributed by atoms with Gasteiger partial charge in [0.15, 0.2) is 0 Å². The van der Waals surface area contributed by atoms with Crippen molar-refractivity contribution in [2.24, 2.45) is 5.92 Å². The Bertz CT molecular complexity index is 527. The maximum atomic E-state index is 12.5. The molecule has 1 aliphatic heterocycles. The van der Waals surface area contributed by atoms with Crippen molar-refractivity contribution in [3.8, 4) is 0 Å². The quantitative estimate of drug-likeness (QED) is 0.733. The van der Waals surface area contributed by atoms with Crippen LogP contribution < -0.4 is 0 Å². The van der Waals surface area contributed by atoms with Crippen molar-refractivity contribution < 1.29 is 8.42 Å². The van der Waals surface area contributed by atoms with E-state index in [0.29, 0.717) is 21.2 Å². The second-order valence-corrected chi connectivity index (χ2v) is 9.49. The van der Waals surface area contributed by atoms with Crippen LogP contribution in [0.1, 0.15) is 13.3 Å². The molecule has 0 bridgehead atoms. The lowest BCUT2D eigenvalue weighted by atomic mass is 10.1. The Kier molecular flexibility index (Phi) is 4.67. The molecule has 0 saturated carbocycles. The Morgan fingerprint density at radius 1 is 1.61 bits per heavy atom. The van der Waals surface area contributed by atoms with Gasteiger partial charge in [0.1, 0.15) is 4.21 Å². The summed E-state index contributed by atoms with van der Waals surface area (Å²) in [5.41, 5.74) is 0. The van der Waals surface area contributed by atoms with Crippen molar-refractivity contribution >= 4 is 60.5 Å². The Labute approximate surface area is 129 Å². The lowest BCUT2D eigenvalue weighted by molar-refractivity contribution is 0.376. The molecule has 2 atom stereocenters. The van der Waals surface area contributed by atoms with Gasteiger partial charge in [0, 0.05) is 18.5 Å². The summed E-state index contributed by atoms with van der Waals surface area (Å²) in [6.07, 6.45) is 0.844. The van der Waals surface area contributed by atoms with Crippen LogP contribution in [0.2, 0.25) is 5.02 Å². The molecule has 0 aliphatic carbocycles. The van der Waals surface area contributed by atoms with Crippen molar-refractivity contribution in [3.05, 3.63) is 14.9 Å². The summed E-state index contributed by atoms with van der Waals surface area (Å²) in [5.74, 6) is 0.608. The molecule has 8 heteroatoms. The van der Waals surface area contributed by atoms with Gasteiger partial charge in [-0.15, -0.1) is 22.9 Å². The van der Waals surface area contributed by atoms with E-state index in [4.69, 9.17) is 23.2 Å². The van der Waals surface area contributed by atoms with Crippen molar-refractivity contribution in [3.63, 3.8) is 0 Å². The molecule has 0 N–H and O–H groups in total. The SMILES string of the molecule is CC1CCN(S(=O)(=O)c2cc(Cl)c(Br)s2)C1CCl. The van der Waals surface area contributed by atoms with E-state index in [1.807, 2.05) is 6.92 Å². The first kappa shape index (κ1) is 15.1. The average Bonchev–Trinajstić information content (AvgIpc) is 2.84. The van der Waals surface area contributed by atoms with Crippen LogP contribution in [0.25, 0.3) is 0 Å². The fraction of sp³-hybridized carbons (Fsp3) is 0.600. The van der Waals surface area contributed by atoms with Gasteiger partial charge >= 0.3 is 0 Å². The number of nitrogens with zero attached hydrogens (tertiary/aromatic N) is 1. The monoisotopic (exact) mass is 391 g/mol. The first-order valence-corrected chi connectivity index (χ1v) is 9.36. The van der Waals surface area contributed by atoms with Crippen molar-refractivity contribution in [2.45, 2.75) is 23.6 Å². The lowest BCUT2D eigenvalue weighted by Gasteiger charge is -2.23. The second kappa shape index (κ2) is 5.58. The van der Waals surface area contributed by atoms with E-state index in [-0.39, 0.29) is 16.2 Å². The molecule has 2 rings (SSSR count). The van der Waals surface area contributed by atoms with Crippen LogP contribution in [-0.4, -0.2) is 31.2 Å². The summed E-state index contributed by atoms with van der Waals surface area (Å²) in [7, 11) is -3.48. The number of thiophene rings is 1. The molecule has 0 amide bonds. The van der Waals surface area contributed by atoms with Gasteiger partial charge in [0.05, 0.1) is 8.81 Å². The molecule has 0 spiro atoms. The summed E-state index contributed by atoms with van der Waals surface area (Å²) in [4.78, 5) is 0. The van der Waals surface area contributed by atoms with Crippen LogP contribution in [0, 0.1) is 5.92 Å². The number of sulfonamides is 1. The Balaban J connectivity index is 2.37. The minimum absolute atomic E-state index is 0.128. The fourth-order valence-corrected chi connectivity index (χ4v) is 6.89. The number of halogens is 3. The van der Waals surface area contributed by atoms with E-state index in [1.54, 1.807) is 0 Å². The van der Waals surface area contributed by atoms with Crippen molar-refractivity contribution in [1.29, 1.82) is 0 Å². The number of alkyl halides is 1. The van der Waals surface area contributed by atoms with Gasteiger partial charge in [-0.1, -0.05) is 18.5 Å². The van der Waals surface area contributed by atoms with Gasteiger partial charge < -0.3 is 0 Å². The third-order valence-electron chi connectivity index (χ3n) is 3.18. The second-order valence-electron chi connectivity index (χ2n) is 4.29. The molecule has 102 valence electrons. The zero-order chi connectivity index (χ0) is 13.5. The molecule has 1 fully saturated rings. The van der Waals surface area contributed by atoms with E-state index < -0.39 is 10.0 Å². The first-order valence-electron chi connectivity index (χ1n) is 5.40. The summed E-state index contributed by atoms with van der Waals surface area (Å²) in [5, 5.41) is 0.424. The molecule has 0 aromatic carbocycles. The Hall–Kier alpha value is 0.670. The highest BCUT2D eigenvalue weighted by atomic mass is 79.9. The van der Waals surface area contributed by atoms with E-state index in [0.717, 1.165) is 17.8 Å². The molecule has 3 nitrogen and oxygen atoms in total. The number of hydrogen-bond acceptors (Lipinski definition) is 3. The third kappa shape index (κ3) is 2.60. The van der Waals surface area contributed by atoms with Gasteiger partial charge in [0.2, 0.25) is 0 Å². The van der Waals surface area contributed by atoms with E-state index in [1.165, 1.54) is 10.4 Å². The zero-order valence-electron chi connectivity index (χ0n) is 9.57. The van der Waals surface area contributed by atoms with Gasteiger partial charge in [-0.05, 0) is 34.3 Å². The highest BCUT2D eigenvalue weighted by Crippen LogP contribution is 2.38.